The summed E-state index contributed by atoms with van der Waals surface area (Å²) in [4.78, 5) is 0. The molecule has 2 fully saturated rings. The van der Waals surface area contributed by atoms with Gasteiger partial charge in [0.2, 0.25) is 0 Å². The fraction of sp³-hybridized carbons (Fsp3) is 1.00. The Morgan fingerprint density at radius 1 is 1.00 bits per heavy atom. The van der Waals surface area contributed by atoms with E-state index < -0.39 is 0 Å². The molecule has 0 amide bonds. The molecule has 0 radical (unpaired) electrons. The fourth-order valence-corrected chi connectivity index (χ4v) is 3.76. The van der Waals surface area contributed by atoms with Gasteiger partial charge in [-0.15, -0.1) is 0 Å². The molecule has 0 spiro atoms. The van der Waals surface area contributed by atoms with Crippen molar-refractivity contribution in [2.45, 2.75) is 52.5 Å². The fourth-order valence-electron chi connectivity index (χ4n) is 3.76. The minimum atomic E-state index is 0.406. The zero-order valence-corrected chi connectivity index (χ0v) is 11.7. The van der Waals surface area contributed by atoms with E-state index in [2.05, 4.69) is 20.8 Å². The molecule has 2 rings (SSSR count). The third-order valence-corrected chi connectivity index (χ3v) is 5.38. The molecule has 6 unspecified atom stereocenters. The van der Waals surface area contributed by atoms with E-state index in [1.54, 1.807) is 0 Å². The second-order valence-corrected chi connectivity index (χ2v) is 6.61. The van der Waals surface area contributed by atoms with Crippen LogP contribution in [-0.2, 0) is 4.74 Å². The number of nitrogens with two attached hydrogens (primary N) is 1. The highest BCUT2D eigenvalue weighted by atomic mass is 16.5. The zero-order chi connectivity index (χ0) is 12.4. The molecule has 0 aromatic carbocycles. The van der Waals surface area contributed by atoms with Crippen LogP contribution in [0.15, 0.2) is 0 Å². The maximum absolute atomic E-state index is 6.57. The van der Waals surface area contributed by atoms with Gasteiger partial charge >= 0.3 is 0 Å². The summed E-state index contributed by atoms with van der Waals surface area (Å²) in [7, 11) is 0. The van der Waals surface area contributed by atoms with Crippen molar-refractivity contribution in [3.8, 4) is 0 Å². The quantitative estimate of drug-likeness (QED) is 0.804. The van der Waals surface area contributed by atoms with Crippen molar-refractivity contribution in [2.24, 2.45) is 35.3 Å². The van der Waals surface area contributed by atoms with Crippen LogP contribution in [0.5, 0.6) is 0 Å². The summed E-state index contributed by atoms with van der Waals surface area (Å²) in [6.07, 6.45) is 5.23. The van der Waals surface area contributed by atoms with Crippen LogP contribution in [0.3, 0.4) is 0 Å². The zero-order valence-electron chi connectivity index (χ0n) is 11.7. The molecule has 1 aliphatic carbocycles. The van der Waals surface area contributed by atoms with Crippen molar-refractivity contribution in [1.29, 1.82) is 0 Å². The second-order valence-electron chi connectivity index (χ2n) is 6.61. The van der Waals surface area contributed by atoms with Crippen molar-refractivity contribution in [2.75, 3.05) is 13.2 Å². The maximum Gasteiger partial charge on any atom is 0.0494 e. The van der Waals surface area contributed by atoms with Crippen LogP contribution in [0, 0.1) is 29.6 Å². The molecule has 0 aromatic heterocycles. The molecule has 1 saturated carbocycles. The van der Waals surface area contributed by atoms with E-state index in [1.165, 1.54) is 25.7 Å². The van der Waals surface area contributed by atoms with Crippen LogP contribution in [0.2, 0.25) is 0 Å². The van der Waals surface area contributed by atoms with Crippen molar-refractivity contribution in [3.63, 3.8) is 0 Å². The summed E-state index contributed by atoms with van der Waals surface area (Å²) in [6, 6.07) is 0.406. The summed E-state index contributed by atoms with van der Waals surface area (Å²) in [5, 5.41) is 0. The number of hydrogen-bond acceptors (Lipinski definition) is 2. The van der Waals surface area contributed by atoms with E-state index in [0.29, 0.717) is 17.9 Å². The lowest BCUT2D eigenvalue weighted by Gasteiger charge is -2.41. The Balaban J connectivity index is 1.92. The smallest absolute Gasteiger partial charge is 0.0494 e. The van der Waals surface area contributed by atoms with Crippen LogP contribution in [0.25, 0.3) is 0 Å². The van der Waals surface area contributed by atoms with Gasteiger partial charge in [-0.25, -0.2) is 0 Å². The minimum Gasteiger partial charge on any atom is -0.381 e. The van der Waals surface area contributed by atoms with Crippen LogP contribution in [0.1, 0.15) is 46.5 Å². The predicted octanol–water partition coefficient (Wildman–Crippen LogP) is 3.06. The summed E-state index contributed by atoms with van der Waals surface area (Å²) in [5.74, 6) is 3.84. The molecule has 2 N–H and O–H groups in total. The highest BCUT2D eigenvalue weighted by molar-refractivity contribution is 4.88. The summed E-state index contributed by atoms with van der Waals surface area (Å²) < 4.78 is 5.53. The Morgan fingerprint density at radius 2 is 1.76 bits per heavy atom. The lowest BCUT2D eigenvalue weighted by Crippen LogP contribution is -2.46. The first-order valence-electron chi connectivity index (χ1n) is 7.43. The van der Waals surface area contributed by atoms with E-state index in [9.17, 15) is 0 Å². The SMILES string of the molecule is CC1CCC(C(N)C2CCOCC2C)CC1C. The van der Waals surface area contributed by atoms with Crippen LogP contribution < -0.4 is 5.73 Å². The van der Waals surface area contributed by atoms with Crippen molar-refractivity contribution >= 4 is 0 Å². The Hall–Kier alpha value is -0.0800. The van der Waals surface area contributed by atoms with Crippen molar-refractivity contribution in [3.05, 3.63) is 0 Å². The second kappa shape index (κ2) is 5.71. The third-order valence-electron chi connectivity index (χ3n) is 5.38. The Kier molecular flexibility index (Phi) is 4.48. The molecule has 1 heterocycles. The first-order valence-corrected chi connectivity index (χ1v) is 7.43. The third kappa shape index (κ3) is 3.03. The van der Waals surface area contributed by atoms with Gasteiger partial charge in [0, 0.05) is 19.3 Å². The van der Waals surface area contributed by atoms with E-state index in [4.69, 9.17) is 10.5 Å². The first kappa shape index (κ1) is 13.4. The van der Waals surface area contributed by atoms with Gasteiger partial charge in [-0.2, -0.15) is 0 Å². The molecule has 17 heavy (non-hydrogen) atoms. The molecule has 0 bridgehead atoms. The average Bonchev–Trinajstić information content (AvgIpc) is 2.32. The molecule has 6 atom stereocenters. The maximum atomic E-state index is 6.57. The van der Waals surface area contributed by atoms with E-state index in [-0.39, 0.29) is 0 Å². The number of rotatable bonds is 2. The molecule has 0 aromatic rings. The number of ether oxygens (including phenoxy) is 1. The van der Waals surface area contributed by atoms with E-state index in [0.717, 1.165) is 31.0 Å². The lowest BCUT2D eigenvalue weighted by atomic mass is 9.68. The molecule has 1 aliphatic heterocycles. The molecule has 1 saturated heterocycles. The predicted molar refractivity (Wildman–Crippen MR) is 71.7 cm³/mol. The molecule has 2 nitrogen and oxygen atoms in total. The van der Waals surface area contributed by atoms with E-state index in [1.807, 2.05) is 0 Å². The summed E-state index contributed by atoms with van der Waals surface area (Å²) in [6.45, 7) is 8.93. The van der Waals surface area contributed by atoms with Gasteiger partial charge in [-0.3, -0.25) is 0 Å². The number of hydrogen-bond donors (Lipinski definition) is 1. The van der Waals surface area contributed by atoms with Crippen molar-refractivity contribution in [1.82, 2.24) is 0 Å². The largest absolute Gasteiger partial charge is 0.381 e. The molecule has 2 aliphatic rings. The molecular formula is C15H29NO. The molecule has 100 valence electrons. The average molecular weight is 239 g/mol. The van der Waals surface area contributed by atoms with Crippen LogP contribution in [0.4, 0.5) is 0 Å². The van der Waals surface area contributed by atoms with Gasteiger partial charge in [-0.1, -0.05) is 27.2 Å². The standard InChI is InChI=1S/C15H29NO/c1-10-4-5-13(8-11(10)2)15(16)14-6-7-17-9-12(14)3/h10-15H,4-9,16H2,1-3H3. The van der Waals surface area contributed by atoms with Crippen molar-refractivity contribution < 1.29 is 4.74 Å². The highest BCUT2D eigenvalue weighted by Crippen LogP contribution is 2.38. The first-order chi connectivity index (χ1) is 8.09. The highest BCUT2D eigenvalue weighted by Gasteiger charge is 2.35. The van der Waals surface area contributed by atoms with Gasteiger partial charge in [0.25, 0.3) is 0 Å². The molecular weight excluding hydrogens is 210 g/mol. The van der Waals surface area contributed by atoms with Gasteiger partial charge < -0.3 is 10.5 Å². The summed E-state index contributed by atoms with van der Waals surface area (Å²) >= 11 is 0. The Labute approximate surface area is 106 Å². The topological polar surface area (TPSA) is 35.2 Å². The van der Waals surface area contributed by atoms with E-state index >= 15 is 0 Å². The normalized spacial score (nSPS) is 45.5. The van der Waals surface area contributed by atoms with Gasteiger partial charge in [0.1, 0.15) is 0 Å². The van der Waals surface area contributed by atoms with Crippen LogP contribution in [-0.4, -0.2) is 19.3 Å². The lowest BCUT2D eigenvalue weighted by molar-refractivity contribution is 0.00219. The minimum absolute atomic E-state index is 0.406. The van der Waals surface area contributed by atoms with Gasteiger partial charge in [0.15, 0.2) is 0 Å². The monoisotopic (exact) mass is 239 g/mol. The Morgan fingerprint density at radius 3 is 2.41 bits per heavy atom. The van der Waals surface area contributed by atoms with Gasteiger partial charge in [-0.05, 0) is 48.9 Å². The summed E-state index contributed by atoms with van der Waals surface area (Å²) in [5.41, 5.74) is 6.57. The van der Waals surface area contributed by atoms with Crippen LogP contribution >= 0.6 is 0 Å². The Bertz CT molecular complexity index is 243. The molecule has 2 heteroatoms. The van der Waals surface area contributed by atoms with Gasteiger partial charge in [0.05, 0.1) is 0 Å².